The Morgan fingerprint density at radius 2 is 1.84 bits per heavy atom. The van der Waals surface area contributed by atoms with Crippen LogP contribution in [0.25, 0.3) is 11.1 Å². The first-order valence-electron chi connectivity index (χ1n) is 9.56. The quantitative estimate of drug-likeness (QED) is 0.317. The summed E-state index contributed by atoms with van der Waals surface area (Å²) in [6.45, 7) is 0.398. The lowest BCUT2D eigenvalue weighted by Crippen LogP contribution is -2.10. The maximum absolute atomic E-state index is 10.8. The highest BCUT2D eigenvalue weighted by Crippen LogP contribution is 2.33. The second-order valence-corrected chi connectivity index (χ2v) is 7.87. The maximum atomic E-state index is 10.8. The van der Waals surface area contributed by atoms with Crippen LogP contribution >= 0.6 is 24.4 Å². The van der Waals surface area contributed by atoms with Gasteiger partial charge in [0.05, 0.1) is 7.11 Å². The van der Waals surface area contributed by atoms with Gasteiger partial charge in [0.25, 0.3) is 0 Å². The summed E-state index contributed by atoms with van der Waals surface area (Å²) in [5.41, 5.74) is 3.05. The number of ether oxygens (including phenoxy) is 2. The number of carbonyl (C=O) groups is 1. The minimum absolute atomic E-state index is 0.347. The molecule has 0 atom stereocenters. The van der Waals surface area contributed by atoms with Crippen LogP contribution in [0.5, 0.6) is 11.5 Å². The molecule has 7 heteroatoms. The van der Waals surface area contributed by atoms with E-state index in [1.807, 2.05) is 74.0 Å². The van der Waals surface area contributed by atoms with E-state index in [1.54, 1.807) is 18.9 Å². The smallest absolute Gasteiger partial charge is 0.341 e. The van der Waals surface area contributed by atoms with Gasteiger partial charge in [-0.05, 0) is 73.0 Å². The number of thioether (sulfide) groups is 1. The molecule has 0 aliphatic carbocycles. The molecule has 0 radical (unpaired) electrons. The topological polar surface area (TPSA) is 67.8 Å². The van der Waals surface area contributed by atoms with Crippen LogP contribution in [0.1, 0.15) is 5.56 Å². The van der Waals surface area contributed by atoms with E-state index in [9.17, 15) is 4.79 Å². The summed E-state index contributed by atoms with van der Waals surface area (Å²) in [5, 5.41) is 11.9. The van der Waals surface area contributed by atoms with Gasteiger partial charge in [0, 0.05) is 21.9 Å². The monoisotopic (exact) mass is 457 g/mol. The fourth-order valence-corrected chi connectivity index (χ4v) is 3.36. The zero-order valence-electron chi connectivity index (χ0n) is 17.8. The lowest BCUT2D eigenvalue weighted by Gasteiger charge is -2.13. The van der Waals surface area contributed by atoms with Crippen LogP contribution in [0.4, 0.5) is 0 Å². The van der Waals surface area contributed by atoms with Gasteiger partial charge in [-0.25, -0.2) is 4.79 Å². The van der Waals surface area contributed by atoms with Crippen LogP contribution in [0.2, 0.25) is 0 Å². The third-order valence-electron chi connectivity index (χ3n) is 4.23. The minimum atomic E-state index is -0.983. The molecule has 0 saturated carbocycles. The zero-order chi connectivity index (χ0) is 22.6. The summed E-state index contributed by atoms with van der Waals surface area (Å²) in [6, 6.07) is 21.5. The largest absolute Gasteiger partial charge is 0.497 e. The molecular weight excluding hydrogens is 430 g/mol. The molecule has 0 unspecified atom stereocenters. The molecule has 0 fully saturated rings. The van der Waals surface area contributed by atoms with E-state index in [0.717, 1.165) is 38.8 Å². The van der Waals surface area contributed by atoms with Gasteiger partial charge in [-0.2, -0.15) is 0 Å². The Morgan fingerprint density at radius 3 is 2.45 bits per heavy atom. The summed E-state index contributed by atoms with van der Waals surface area (Å²) in [5.74, 6) is 0.469. The summed E-state index contributed by atoms with van der Waals surface area (Å²) in [7, 11) is 3.54. The summed E-state index contributed by atoms with van der Waals surface area (Å²) < 4.78 is 10.4. The van der Waals surface area contributed by atoms with Crippen molar-refractivity contribution in [1.29, 1.82) is 0 Å². The number of thiol groups is 1. The molecule has 5 nitrogen and oxygen atoms in total. The SMILES string of the molecule is CNCc1ccc(OCC(=O)O)c(-c2cccc(SC)c2)c1.COc1ccc(S)cc1. The number of nitrogens with one attached hydrogen (secondary N) is 1. The molecule has 0 aliphatic heterocycles. The first-order chi connectivity index (χ1) is 15.0. The summed E-state index contributed by atoms with van der Waals surface area (Å²) in [4.78, 5) is 12.9. The number of carboxylic acids is 1. The van der Waals surface area contributed by atoms with Crippen LogP contribution in [-0.4, -0.2) is 38.1 Å². The number of hydrogen-bond acceptors (Lipinski definition) is 6. The molecular formula is C24H27NO4S2. The molecule has 0 saturated heterocycles. The minimum Gasteiger partial charge on any atom is -0.497 e. The van der Waals surface area contributed by atoms with Crippen LogP contribution in [-0.2, 0) is 11.3 Å². The molecule has 3 aromatic carbocycles. The van der Waals surface area contributed by atoms with E-state index in [1.165, 1.54) is 0 Å². The fraction of sp³-hybridized carbons (Fsp3) is 0.208. The summed E-state index contributed by atoms with van der Waals surface area (Å²) >= 11 is 5.78. The van der Waals surface area contributed by atoms with Crippen molar-refractivity contribution < 1.29 is 19.4 Å². The van der Waals surface area contributed by atoms with Crippen molar-refractivity contribution in [2.75, 3.05) is 27.0 Å². The molecule has 0 aliphatic rings. The highest BCUT2D eigenvalue weighted by molar-refractivity contribution is 7.98. The van der Waals surface area contributed by atoms with Gasteiger partial charge in [-0.3, -0.25) is 0 Å². The highest BCUT2D eigenvalue weighted by Gasteiger charge is 2.10. The van der Waals surface area contributed by atoms with Crippen molar-refractivity contribution in [3.05, 3.63) is 72.3 Å². The van der Waals surface area contributed by atoms with Crippen molar-refractivity contribution in [2.24, 2.45) is 0 Å². The van der Waals surface area contributed by atoms with Crippen molar-refractivity contribution in [1.82, 2.24) is 5.32 Å². The van der Waals surface area contributed by atoms with E-state index in [0.29, 0.717) is 5.75 Å². The predicted molar refractivity (Wildman–Crippen MR) is 130 cm³/mol. The Hall–Kier alpha value is -2.61. The standard InChI is InChI=1S/C17H19NO3S.C7H8OS/c1-18-10-12-6-7-16(21-11-17(19)20)15(8-12)13-4-3-5-14(9-13)22-2;1-8-6-2-4-7(9)5-3-6/h3-9,18H,10-11H2,1-2H3,(H,19,20);2-5,9H,1H3. The average molecular weight is 458 g/mol. The van der Waals surface area contributed by atoms with E-state index in [-0.39, 0.29) is 6.61 Å². The van der Waals surface area contributed by atoms with E-state index >= 15 is 0 Å². The van der Waals surface area contributed by atoms with Crippen LogP contribution in [0.3, 0.4) is 0 Å². The number of hydrogen-bond donors (Lipinski definition) is 3. The molecule has 0 bridgehead atoms. The first kappa shape index (κ1) is 24.7. The molecule has 2 N–H and O–H groups in total. The Labute approximate surface area is 193 Å². The molecule has 0 heterocycles. The van der Waals surface area contributed by atoms with Crippen LogP contribution in [0, 0.1) is 0 Å². The molecule has 3 aromatic rings. The number of aliphatic carboxylic acids is 1. The van der Waals surface area contributed by atoms with Gasteiger partial charge in [-0.1, -0.05) is 18.2 Å². The van der Waals surface area contributed by atoms with Gasteiger partial charge in [0.15, 0.2) is 6.61 Å². The molecule has 164 valence electrons. The normalized spacial score (nSPS) is 10.1. The van der Waals surface area contributed by atoms with Crippen molar-refractivity contribution in [3.63, 3.8) is 0 Å². The Kier molecular flexibility index (Phi) is 10.3. The second kappa shape index (κ2) is 12.9. The molecule has 3 rings (SSSR count). The van der Waals surface area contributed by atoms with Crippen LogP contribution in [0.15, 0.2) is 76.5 Å². The van der Waals surface area contributed by atoms with Crippen molar-refractivity contribution in [2.45, 2.75) is 16.3 Å². The zero-order valence-corrected chi connectivity index (χ0v) is 19.5. The van der Waals surface area contributed by atoms with Gasteiger partial charge < -0.3 is 19.9 Å². The number of carboxylic acid groups (broad SMARTS) is 1. The van der Waals surface area contributed by atoms with Gasteiger partial charge in [-0.15, -0.1) is 24.4 Å². The number of methoxy groups -OCH3 is 1. The molecule has 0 aromatic heterocycles. The van der Waals surface area contributed by atoms with E-state index < -0.39 is 5.97 Å². The third kappa shape index (κ3) is 8.20. The lowest BCUT2D eigenvalue weighted by molar-refractivity contribution is -0.139. The second-order valence-electron chi connectivity index (χ2n) is 6.47. The molecule has 0 spiro atoms. The van der Waals surface area contributed by atoms with E-state index in [2.05, 4.69) is 24.0 Å². The number of benzene rings is 3. The summed E-state index contributed by atoms with van der Waals surface area (Å²) in [6.07, 6.45) is 2.03. The van der Waals surface area contributed by atoms with Gasteiger partial charge in [0.2, 0.25) is 0 Å². The molecule has 31 heavy (non-hydrogen) atoms. The Balaban J connectivity index is 0.000000316. The predicted octanol–water partition coefficient (Wildman–Crippen LogP) is 5.24. The van der Waals surface area contributed by atoms with Gasteiger partial charge >= 0.3 is 5.97 Å². The maximum Gasteiger partial charge on any atom is 0.341 e. The van der Waals surface area contributed by atoms with Crippen LogP contribution < -0.4 is 14.8 Å². The van der Waals surface area contributed by atoms with Crippen molar-refractivity contribution >= 4 is 30.4 Å². The third-order valence-corrected chi connectivity index (χ3v) is 5.25. The van der Waals surface area contributed by atoms with E-state index in [4.69, 9.17) is 14.6 Å². The Bertz CT molecular complexity index is 978. The number of rotatable bonds is 8. The Morgan fingerprint density at radius 1 is 1.10 bits per heavy atom. The molecule has 0 amide bonds. The lowest BCUT2D eigenvalue weighted by atomic mass is 10.0. The fourth-order valence-electron chi connectivity index (χ4n) is 2.75. The average Bonchev–Trinajstić information content (AvgIpc) is 2.79. The van der Waals surface area contributed by atoms with Crippen molar-refractivity contribution in [3.8, 4) is 22.6 Å². The first-order valence-corrected chi connectivity index (χ1v) is 11.2. The van der Waals surface area contributed by atoms with Gasteiger partial charge in [0.1, 0.15) is 11.5 Å². The highest BCUT2D eigenvalue weighted by atomic mass is 32.2.